The van der Waals surface area contributed by atoms with Gasteiger partial charge in [-0.05, 0) is 41.5 Å². The third-order valence-corrected chi connectivity index (χ3v) is 5.33. The molecule has 1 aromatic heterocycles. The van der Waals surface area contributed by atoms with E-state index in [4.69, 9.17) is 4.99 Å². The van der Waals surface area contributed by atoms with Crippen molar-refractivity contribution in [2.45, 2.75) is 5.92 Å². The summed E-state index contributed by atoms with van der Waals surface area (Å²) in [6.45, 7) is 0. The van der Waals surface area contributed by atoms with Gasteiger partial charge in [0.1, 0.15) is 11.7 Å². The van der Waals surface area contributed by atoms with E-state index in [0.717, 1.165) is 39.6 Å². The average molecular weight is 392 g/mol. The maximum Gasteiger partial charge on any atom is 0.238 e. The molecule has 2 heterocycles. The number of carbonyl (C=O) groups excluding carboxylic acids is 1. The van der Waals surface area contributed by atoms with Crippen molar-refractivity contribution in [1.82, 2.24) is 9.55 Å². The van der Waals surface area contributed by atoms with Crippen LogP contribution in [0.4, 0.5) is 11.4 Å². The van der Waals surface area contributed by atoms with E-state index in [-0.39, 0.29) is 5.91 Å². The molecular weight excluding hydrogens is 372 g/mol. The zero-order valence-electron chi connectivity index (χ0n) is 16.5. The summed E-state index contributed by atoms with van der Waals surface area (Å²) in [4.78, 5) is 22.2. The third-order valence-electron chi connectivity index (χ3n) is 5.33. The van der Waals surface area contributed by atoms with Crippen LogP contribution >= 0.6 is 0 Å². The van der Waals surface area contributed by atoms with E-state index in [9.17, 15) is 4.79 Å². The number of nitrogens with one attached hydrogen (secondary N) is 1. The fourth-order valence-corrected chi connectivity index (χ4v) is 3.85. The molecule has 1 aliphatic rings. The Bertz CT molecular complexity index is 1240. The highest BCUT2D eigenvalue weighted by Gasteiger charge is 2.35. The molecule has 0 spiro atoms. The van der Waals surface area contributed by atoms with E-state index >= 15 is 0 Å². The second-order valence-electron chi connectivity index (χ2n) is 7.28. The van der Waals surface area contributed by atoms with Crippen LogP contribution in [-0.2, 0) is 11.8 Å². The molecule has 0 radical (unpaired) electrons. The van der Waals surface area contributed by atoms with Gasteiger partial charge in [0.25, 0.3) is 0 Å². The first kappa shape index (κ1) is 18.1. The number of benzene rings is 3. The highest BCUT2D eigenvalue weighted by atomic mass is 16.2. The normalized spacial score (nSPS) is 15.7. The van der Waals surface area contributed by atoms with Crippen molar-refractivity contribution in [2.24, 2.45) is 12.0 Å². The number of aromatic nitrogens is 2. The van der Waals surface area contributed by atoms with Crippen molar-refractivity contribution in [2.75, 3.05) is 5.32 Å². The maximum absolute atomic E-state index is 12.9. The van der Waals surface area contributed by atoms with E-state index in [0.29, 0.717) is 0 Å². The largest absolute Gasteiger partial charge is 0.334 e. The topological polar surface area (TPSA) is 59.3 Å². The number of nitrogens with zero attached hydrogens (tertiary/aromatic N) is 3. The summed E-state index contributed by atoms with van der Waals surface area (Å²) < 4.78 is 1.98. The molecule has 4 aromatic rings. The predicted octanol–water partition coefficient (Wildman–Crippen LogP) is 4.94. The fourth-order valence-electron chi connectivity index (χ4n) is 3.85. The molecule has 1 atom stereocenters. The van der Waals surface area contributed by atoms with Crippen LogP contribution in [0.1, 0.15) is 17.0 Å². The predicted molar refractivity (Wildman–Crippen MR) is 119 cm³/mol. The first-order chi connectivity index (χ1) is 14.7. The molecule has 3 aromatic carbocycles. The Kier molecular flexibility index (Phi) is 4.48. The molecule has 0 fully saturated rings. The van der Waals surface area contributed by atoms with E-state index in [1.54, 1.807) is 6.20 Å². The van der Waals surface area contributed by atoms with Crippen molar-refractivity contribution in [1.29, 1.82) is 0 Å². The van der Waals surface area contributed by atoms with Gasteiger partial charge in [0.15, 0.2) is 0 Å². The van der Waals surface area contributed by atoms with Crippen molar-refractivity contribution in [3.63, 3.8) is 0 Å². The van der Waals surface area contributed by atoms with Crippen LogP contribution in [0.25, 0.3) is 11.4 Å². The number of aliphatic imine (C=N–C) groups is 1. The van der Waals surface area contributed by atoms with Crippen LogP contribution in [0.15, 0.2) is 96.2 Å². The van der Waals surface area contributed by atoms with Crippen LogP contribution in [0.3, 0.4) is 0 Å². The number of carbonyl (C=O) groups is 1. The maximum atomic E-state index is 12.9. The lowest BCUT2D eigenvalue weighted by Gasteiger charge is -2.14. The van der Waals surface area contributed by atoms with Gasteiger partial charge in [-0.1, -0.05) is 48.5 Å². The quantitative estimate of drug-likeness (QED) is 0.500. The lowest BCUT2D eigenvalue weighted by atomic mass is 9.90. The van der Waals surface area contributed by atoms with Gasteiger partial charge >= 0.3 is 0 Å². The average Bonchev–Trinajstić information content (AvgIpc) is 3.35. The Morgan fingerprint density at radius 2 is 1.70 bits per heavy atom. The Balaban J connectivity index is 1.59. The smallest absolute Gasteiger partial charge is 0.238 e. The van der Waals surface area contributed by atoms with Crippen LogP contribution in [0.2, 0.25) is 0 Å². The molecule has 0 saturated heterocycles. The zero-order valence-corrected chi connectivity index (χ0v) is 16.5. The second-order valence-corrected chi connectivity index (χ2v) is 7.28. The number of anilines is 1. The lowest BCUT2D eigenvalue weighted by molar-refractivity contribution is -0.115. The van der Waals surface area contributed by atoms with Gasteiger partial charge in [0.05, 0.1) is 11.4 Å². The van der Waals surface area contributed by atoms with Gasteiger partial charge in [0, 0.05) is 30.7 Å². The SMILES string of the molecule is Cn1ccnc1-c1ccc(N=C(c2ccccc2)C2C(=O)Nc3ccccc32)cc1. The standard InChI is InChI=1S/C25H20N4O/c1-29-16-15-26-24(29)18-11-13-19(14-12-18)27-23(17-7-3-2-4-8-17)22-20-9-5-6-10-21(20)28-25(22)30/h2-16,22H,1H3,(H,28,30). The number of aryl methyl sites for hydroxylation is 1. The minimum Gasteiger partial charge on any atom is -0.334 e. The molecule has 0 bridgehead atoms. The van der Waals surface area contributed by atoms with Crippen LogP contribution < -0.4 is 5.32 Å². The number of para-hydroxylation sites is 1. The molecule has 1 aliphatic heterocycles. The summed E-state index contributed by atoms with van der Waals surface area (Å²) in [5.41, 5.74) is 5.29. The molecule has 5 nitrogen and oxygen atoms in total. The van der Waals surface area contributed by atoms with Gasteiger partial charge in [-0.25, -0.2) is 4.98 Å². The third kappa shape index (κ3) is 3.20. The van der Waals surface area contributed by atoms with E-state index < -0.39 is 5.92 Å². The van der Waals surface area contributed by atoms with Crippen molar-refractivity contribution in [3.8, 4) is 11.4 Å². The van der Waals surface area contributed by atoms with E-state index in [1.807, 2.05) is 96.7 Å². The van der Waals surface area contributed by atoms with Crippen molar-refractivity contribution in [3.05, 3.63) is 102 Å². The number of imidazole rings is 1. The Morgan fingerprint density at radius 3 is 2.43 bits per heavy atom. The molecule has 1 unspecified atom stereocenters. The van der Waals surface area contributed by atoms with Gasteiger partial charge in [-0.15, -0.1) is 0 Å². The minimum atomic E-state index is -0.446. The molecule has 5 rings (SSSR count). The summed E-state index contributed by atoms with van der Waals surface area (Å²) in [6.07, 6.45) is 3.70. The molecule has 5 heteroatoms. The molecular formula is C25H20N4O. The van der Waals surface area contributed by atoms with Crippen LogP contribution in [-0.4, -0.2) is 21.2 Å². The fraction of sp³-hybridized carbons (Fsp3) is 0.0800. The molecule has 1 N–H and O–H groups in total. The van der Waals surface area contributed by atoms with Gasteiger partial charge < -0.3 is 9.88 Å². The summed E-state index contributed by atoms with van der Waals surface area (Å²) in [7, 11) is 1.97. The molecule has 1 amide bonds. The van der Waals surface area contributed by atoms with Gasteiger partial charge in [0.2, 0.25) is 5.91 Å². The molecule has 146 valence electrons. The number of rotatable bonds is 4. The second kappa shape index (κ2) is 7.44. The Morgan fingerprint density at radius 1 is 0.967 bits per heavy atom. The van der Waals surface area contributed by atoms with Crippen LogP contribution in [0.5, 0.6) is 0 Å². The summed E-state index contributed by atoms with van der Waals surface area (Å²) in [5, 5.41) is 2.99. The van der Waals surface area contributed by atoms with Crippen molar-refractivity contribution >= 4 is 23.0 Å². The van der Waals surface area contributed by atoms with Gasteiger partial charge in [-0.3, -0.25) is 9.79 Å². The lowest BCUT2D eigenvalue weighted by Crippen LogP contribution is -2.21. The summed E-state index contributed by atoms with van der Waals surface area (Å²) in [6, 6.07) is 25.6. The summed E-state index contributed by atoms with van der Waals surface area (Å²) in [5.74, 6) is 0.402. The Hall–Kier alpha value is -3.99. The molecule has 0 aliphatic carbocycles. The highest BCUT2D eigenvalue weighted by molar-refractivity contribution is 6.24. The molecule has 0 saturated carbocycles. The first-order valence-electron chi connectivity index (χ1n) is 9.82. The van der Waals surface area contributed by atoms with Crippen molar-refractivity contribution < 1.29 is 4.79 Å². The van der Waals surface area contributed by atoms with E-state index in [2.05, 4.69) is 10.3 Å². The number of fused-ring (bicyclic) bond motifs is 1. The number of hydrogen-bond donors (Lipinski definition) is 1. The summed E-state index contributed by atoms with van der Waals surface area (Å²) >= 11 is 0. The monoisotopic (exact) mass is 392 g/mol. The first-order valence-corrected chi connectivity index (χ1v) is 9.82. The number of hydrogen-bond acceptors (Lipinski definition) is 3. The van der Waals surface area contributed by atoms with E-state index in [1.165, 1.54) is 0 Å². The highest BCUT2D eigenvalue weighted by Crippen LogP contribution is 2.36. The minimum absolute atomic E-state index is 0.0524. The Labute approximate surface area is 174 Å². The molecule has 30 heavy (non-hydrogen) atoms. The zero-order chi connectivity index (χ0) is 20.5. The van der Waals surface area contributed by atoms with Crippen LogP contribution in [0, 0.1) is 0 Å². The number of amides is 1. The van der Waals surface area contributed by atoms with Gasteiger partial charge in [-0.2, -0.15) is 0 Å².